The summed E-state index contributed by atoms with van der Waals surface area (Å²) >= 11 is 13.2. The number of hydrogen-bond acceptors (Lipinski definition) is 7. The van der Waals surface area contributed by atoms with Crippen molar-refractivity contribution in [2.45, 2.75) is 0 Å². The number of nitrogens with zero attached hydrogens (tertiary/aromatic N) is 4. The number of pyridine rings is 1. The number of nitrogens with two attached hydrogens (primary N) is 1. The first-order valence-electron chi connectivity index (χ1n) is 11.7. The van der Waals surface area contributed by atoms with Gasteiger partial charge in [0.2, 0.25) is 5.91 Å². The molecule has 0 saturated carbocycles. The summed E-state index contributed by atoms with van der Waals surface area (Å²) in [6.45, 7) is 3.61. The van der Waals surface area contributed by atoms with Crippen LogP contribution in [0.3, 0.4) is 0 Å². The highest BCUT2D eigenvalue weighted by Crippen LogP contribution is 2.46. The zero-order chi connectivity index (χ0) is 26.3. The third-order valence-corrected chi connectivity index (χ3v) is 7.39. The monoisotopic (exact) mass is 540 g/mol. The predicted octanol–water partition coefficient (Wildman–Crippen LogP) is 4.47. The van der Waals surface area contributed by atoms with E-state index in [0.717, 1.165) is 48.5 Å². The van der Waals surface area contributed by atoms with Gasteiger partial charge in [-0.15, -0.1) is 0 Å². The molecule has 0 atom stereocenters. The van der Waals surface area contributed by atoms with Crippen molar-refractivity contribution in [1.82, 2.24) is 20.1 Å². The lowest BCUT2D eigenvalue weighted by atomic mass is 10.0. The summed E-state index contributed by atoms with van der Waals surface area (Å²) < 4.78 is 10.8. The predicted molar refractivity (Wildman–Crippen MR) is 146 cm³/mol. The first-order valence-corrected chi connectivity index (χ1v) is 12.4. The number of ether oxygens (including phenoxy) is 2. The number of fused-ring (bicyclic) bond motifs is 1. The maximum absolute atomic E-state index is 12.0. The van der Waals surface area contributed by atoms with E-state index in [2.05, 4.69) is 27.0 Å². The molecule has 1 aliphatic heterocycles. The van der Waals surface area contributed by atoms with Crippen molar-refractivity contribution >= 4 is 45.8 Å². The van der Waals surface area contributed by atoms with E-state index >= 15 is 0 Å². The second-order valence-corrected chi connectivity index (χ2v) is 9.59. The van der Waals surface area contributed by atoms with Crippen LogP contribution in [-0.2, 0) is 0 Å². The summed E-state index contributed by atoms with van der Waals surface area (Å²) in [4.78, 5) is 21.3. The highest BCUT2D eigenvalue weighted by Gasteiger charge is 2.23. The van der Waals surface area contributed by atoms with E-state index in [1.54, 1.807) is 18.2 Å². The lowest BCUT2D eigenvalue weighted by Gasteiger charge is -2.35. The Labute approximate surface area is 224 Å². The fourth-order valence-electron chi connectivity index (χ4n) is 4.57. The molecule has 9 nitrogen and oxygen atoms in total. The van der Waals surface area contributed by atoms with Crippen molar-refractivity contribution in [3.8, 4) is 34.0 Å². The molecule has 0 unspecified atom stereocenters. The van der Waals surface area contributed by atoms with E-state index in [0.29, 0.717) is 44.0 Å². The Kier molecular flexibility index (Phi) is 6.85. The number of piperazine rings is 1. The zero-order valence-electron chi connectivity index (χ0n) is 20.6. The van der Waals surface area contributed by atoms with Gasteiger partial charge in [-0.3, -0.25) is 9.89 Å². The highest BCUT2D eigenvalue weighted by atomic mass is 35.5. The smallest absolute Gasteiger partial charge is 0.248 e. The highest BCUT2D eigenvalue weighted by molar-refractivity contribution is 6.41. The van der Waals surface area contributed by atoms with Gasteiger partial charge in [-0.25, -0.2) is 4.98 Å². The number of halogens is 2. The molecular formula is C26H26Cl2N6O3. The van der Waals surface area contributed by atoms with Gasteiger partial charge in [-0.05, 0) is 37.4 Å². The fraction of sp³-hybridized carbons (Fsp3) is 0.269. The van der Waals surface area contributed by atoms with E-state index in [4.69, 9.17) is 43.4 Å². The van der Waals surface area contributed by atoms with Crippen LogP contribution >= 0.6 is 23.2 Å². The van der Waals surface area contributed by atoms with Gasteiger partial charge in [0.05, 0.1) is 35.7 Å². The number of rotatable bonds is 6. The summed E-state index contributed by atoms with van der Waals surface area (Å²) in [6, 6.07) is 10.9. The van der Waals surface area contributed by atoms with Gasteiger partial charge < -0.3 is 25.0 Å². The van der Waals surface area contributed by atoms with Crippen molar-refractivity contribution < 1.29 is 14.3 Å². The number of hydrogen-bond donors (Lipinski definition) is 2. The number of carbonyl (C=O) groups excluding carboxylic acids is 1. The molecule has 3 heterocycles. The molecule has 1 saturated heterocycles. The molecular weight excluding hydrogens is 515 g/mol. The summed E-state index contributed by atoms with van der Waals surface area (Å²) in [6.07, 6.45) is 0. The number of amides is 1. The van der Waals surface area contributed by atoms with Gasteiger partial charge in [0, 0.05) is 60.0 Å². The third kappa shape index (κ3) is 4.54. The van der Waals surface area contributed by atoms with Crippen molar-refractivity contribution in [1.29, 1.82) is 0 Å². The molecule has 2 aromatic heterocycles. The average Bonchev–Trinajstić information content (AvgIpc) is 3.32. The Balaban J connectivity index is 1.64. The van der Waals surface area contributed by atoms with Crippen LogP contribution in [-0.4, -0.2) is 73.4 Å². The summed E-state index contributed by atoms with van der Waals surface area (Å²) in [7, 11) is 5.15. The van der Waals surface area contributed by atoms with E-state index in [-0.39, 0.29) is 0 Å². The number of nitrogens with one attached hydrogen (secondary N) is 1. The number of carbonyl (C=O) groups is 1. The van der Waals surface area contributed by atoms with Crippen LogP contribution in [0, 0.1) is 0 Å². The molecule has 1 amide bonds. The minimum Gasteiger partial charge on any atom is -0.495 e. The van der Waals surface area contributed by atoms with Crippen LogP contribution in [0.5, 0.6) is 11.5 Å². The Morgan fingerprint density at radius 1 is 1.00 bits per heavy atom. The number of H-pyrrole nitrogens is 1. The molecule has 1 aliphatic rings. The van der Waals surface area contributed by atoms with E-state index in [9.17, 15) is 4.79 Å². The van der Waals surface area contributed by atoms with Gasteiger partial charge in [0.15, 0.2) is 5.65 Å². The molecule has 0 aliphatic carbocycles. The van der Waals surface area contributed by atoms with E-state index in [1.165, 1.54) is 14.2 Å². The molecule has 192 valence electrons. The minimum absolute atomic E-state index is 0.322. The quantitative estimate of drug-likeness (QED) is 0.371. The van der Waals surface area contributed by atoms with Crippen LogP contribution < -0.4 is 20.1 Å². The number of likely N-dealkylation sites (N-methyl/N-ethyl adjacent to an activating group) is 1. The van der Waals surface area contributed by atoms with Crippen LogP contribution in [0.25, 0.3) is 33.5 Å². The largest absolute Gasteiger partial charge is 0.495 e. The van der Waals surface area contributed by atoms with Gasteiger partial charge >= 0.3 is 0 Å². The van der Waals surface area contributed by atoms with Gasteiger partial charge in [0.1, 0.15) is 11.5 Å². The van der Waals surface area contributed by atoms with Gasteiger partial charge in [-0.1, -0.05) is 23.2 Å². The molecule has 4 aromatic rings. The van der Waals surface area contributed by atoms with E-state index < -0.39 is 5.91 Å². The molecule has 0 radical (unpaired) electrons. The SMILES string of the molecule is COc1cc(OC)c(Cl)c(-c2ccc3c(-c4cc(C(N)=O)ccc4N4CCN(C)CC4)[nH]nc3n2)c1Cl. The standard InChI is InChI=1S/C26H26Cl2N6O3/c1-33-8-10-34(11-9-33)18-7-4-14(25(29)35)12-16(18)24-15-5-6-17(30-26(15)32-31-24)21-22(27)19(36-2)13-20(37-3)23(21)28/h4-7,12-13H,8-11H2,1-3H3,(H2,29,35)(H,30,31,32). The number of anilines is 1. The van der Waals surface area contributed by atoms with Crippen LogP contribution in [0.15, 0.2) is 36.4 Å². The Morgan fingerprint density at radius 3 is 2.30 bits per heavy atom. The van der Waals surface area contributed by atoms with Crippen LogP contribution in [0.2, 0.25) is 10.0 Å². The molecule has 11 heteroatoms. The van der Waals surface area contributed by atoms with Gasteiger partial charge in [-0.2, -0.15) is 5.10 Å². The molecule has 2 aromatic carbocycles. The van der Waals surface area contributed by atoms with Crippen molar-refractivity contribution in [2.75, 3.05) is 52.3 Å². The number of aromatic nitrogens is 3. The lowest BCUT2D eigenvalue weighted by Crippen LogP contribution is -2.44. The lowest BCUT2D eigenvalue weighted by molar-refractivity contribution is 0.100. The fourth-order valence-corrected chi connectivity index (χ4v) is 5.26. The number of benzene rings is 2. The molecule has 1 fully saturated rings. The maximum Gasteiger partial charge on any atom is 0.248 e. The summed E-state index contributed by atoms with van der Waals surface area (Å²) in [5.74, 6) is 0.344. The van der Waals surface area contributed by atoms with Crippen molar-refractivity contribution in [3.63, 3.8) is 0 Å². The summed E-state index contributed by atoms with van der Waals surface area (Å²) in [5.41, 5.74) is 10.1. The molecule has 0 bridgehead atoms. The molecule has 5 rings (SSSR count). The van der Waals surface area contributed by atoms with Crippen molar-refractivity contribution in [2.24, 2.45) is 5.73 Å². The number of primary amides is 1. The molecule has 0 spiro atoms. The second kappa shape index (κ2) is 10.1. The first kappa shape index (κ1) is 25.1. The van der Waals surface area contributed by atoms with Crippen molar-refractivity contribution in [3.05, 3.63) is 52.0 Å². The number of aromatic amines is 1. The maximum atomic E-state index is 12.0. The summed E-state index contributed by atoms with van der Waals surface area (Å²) in [5, 5.41) is 9.02. The Hall–Kier alpha value is -3.53. The normalized spacial score (nSPS) is 14.2. The zero-order valence-corrected chi connectivity index (χ0v) is 22.2. The Morgan fingerprint density at radius 2 is 1.68 bits per heavy atom. The minimum atomic E-state index is -0.494. The topological polar surface area (TPSA) is 110 Å². The average molecular weight is 541 g/mol. The molecule has 37 heavy (non-hydrogen) atoms. The van der Waals surface area contributed by atoms with Crippen LogP contribution in [0.1, 0.15) is 10.4 Å². The third-order valence-electron chi connectivity index (χ3n) is 6.64. The molecule has 3 N–H and O–H groups in total. The first-order chi connectivity index (χ1) is 17.8. The van der Waals surface area contributed by atoms with Gasteiger partial charge in [0.25, 0.3) is 0 Å². The van der Waals surface area contributed by atoms with E-state index in [1.807, 2.05) is 18.2 Å². The Bertz CT molecular complexity index is 1470. The van der Waals surface area contributed by atoms with Crippen LogP contribution in [0.4, 0.5) is 5.69 Å². The second-order valence-electron chi connectivity index (χ2n) is 8.84. The number of methoxy groups -OCH3 is 2.